The highest BCUT2D eigenvalue weighted by Gasteiger charge is 2.25. The zero-order valence-electron chi connectivity index (χ0n) is 10.4. The van der Waals surface area contributed by atoms with Crippen molar-refractivity contribution >= 4 is 11.7 Å². The molecule has 0 fully saturated rings. The highest BCUT2D eigenvalue weighted by atomic mass is 16.4. The van der Waals surface area contributed by atoms with Crippen LogP contribution in [0.3, 0.4) is 0 Å². The van der Waals surface area contributed by atoms with Crippen LogP contribution < -0.4 is 4.90 Å². The van der Waals surface area contributed by atoms with E-state index in [1.807, 2.05) is 14.1 Å². The van der Waals surface area contributed by atoms with E-state index in [0.717, 1.165) is 19.3 Å². The molecule has 1 N–H and O–H groups in total. The quantitative estimate of drug-likeness (QED) is 0.872. The summed E-state index contributed by atoms with van der Waals surface area (Å²) >= 11 is 0. The number of carboxylic acids is 1. The molecule has 0 amide bonds. The Bertz CT molecular complexity index is 426. The molecule has 1 aliphatic rings. The first-order chi connectivity index (χ1) is 8.09. The Kier molecular flexibility index (Phi) is 3.36. The number of nitrogens with zero attached hydrogens (tertiary/aromatic N) is 1. The van der Waals surface area contributed by atoms with Crippen molar-refractivity contribution in [3.8, 4) is 0 Å². The van der Waals surface area contributed by atoms with Gasteiger partial charge in [0.05, 0.1) is 6.42 Å². The van der Waals surface area contributed by atoms with Crippen molar-refractivity contribution < 1.29 is 9.90 Å². The molecule has 0 radical (unpaired) electrons. The fourth-order valence-corrected chi connectivity index (χ4v) is 2.78. The predicted molar refractivity (Wildman–Crippen MR) is 68.7 cm³/mol. The summed E-state index contributed by atoms with van der Waals surface area (Å²) in [5.41, 5.74) is 3.76. The lowest BCUT2D eigenvalue weighted by atomic mass is 9.80. The SMILES string of the molecule is CN(C)c1cccc2c1C(CC(=O)O)CCC2. The highest BCUT2D eigenvalue weighted by molar-refractivity contribution is 5.70. The van der Waals surface area contributed by atoms with E-state index < -0.39 is 5.97 Å². The van der Waals surface area contributed by atoms with Crippen molar-refractivity contribution in [3.63, 3.8) is 0 Å². The molecule has 0 aromatic heterocycles. The molecule has 0 saturated heterocycles. The van der Waals surface area contributed by atoms with Crippen LogP contribution in [0.4, 0.5) is 5.69 Å². The van der Waals surface area contributed by atoms with Gasteiger partial charge < -0.3 is 10.0 Å². The first kappa shape index (κ1) is 12.0. The third kappa shape index (κ3) is 2.43. The van der Waals surface area contributed by atoms with Crippen molar-refractivity contribution in [1.82, 2.24) is 0 Å². The lowest BCUT2D eigenvalue weighted by molar-refractivity contribution is -0.137. The van der Waals surface area contributed by atoms with Crippen LogP contribution in [0, 0.1) is 0 Å². The summed E-state index contributed by atoms with van der Waals surface area (Å²) in [5, 5.41) is 9.01. The van der Waals surface area contributed by atoms with Gasteiger partial charge in [0, 0.05) is 19.8 Å². The van der Waals surface area contributed by atoms with Crippen LogP contribution in [-0.2, 0) is 11.2 Å². The molecule has 1 aromatic rings. The number of aliphatic carboxylic acids is 1. The van der Waals surface area contributed by atoms with E-state index in [0.29, 0.717) is 0 Å². The second-order valence-electron chi connectivity index (χ2n) is 4.93. The van der Waals surface area contributed by atoms with Gasteiger partial charge in [-0.3, -0.25) is 4.79 Å². The monoisotopic (exact) mass is 233 g/mol. The van der Waals surface area contributed by atoms with Gasteiger partial charge in [0.1, 0.15) is 0 Å². The number of fused-ring (bicyclic) bond motifs is 1. The molecule has 2 rings (SSSR count). The molecule has 0 aliphatic heterocycles. The summed E-state index contributed by atoms with van der Waals surface area (Å²) in [7, 11) is 4.03. The van der Waals surface area contributed by atoms with Gasteiger partial charge in [-0.25, -0.2) is 0 Å². The first-order valence-corrected chi connectivity index (χ1v) is 6.10. The van der Waals surface area contributed by atoms with E-state index >= 15 is 0 Å². The van der Waals surface area contributed by atoms with Gasteiger partial charge in [-0.05, 0) is 42.4 Å². The average Bonchev–Trinajstić information content (AvgIpc) is 2.27. The predicted octanol–water partition coefficient (Wildman–Crippen LogP) is 2.65. The van der Waals surface area contributed by atoms with Crippen LogP contribution >= 0.6 is 0 Å². The molecule has 0 bridgehead atoms. The number of carbonyl (C=O) groups is 1. The summed E-state index contributed by atoms with van der Waals surface area (Å²) in [4.78, 5) is 13.0. The largest absolute Gasteiger partial charge is 0.481 e. The number of hydrogen-bond donors (Lipinski definition) is 1. The van der Waals surface area contributed by atoms with E-state index in [1.54, 1.807) is 0 Å². The summed E-state index contributed by atoms with van der Waals surface area (Å²) in [6.07, 6.45) is 3.41. The van der Waals surface area contributed by atoms with E-state index in [4.69, 9.17) is 5.11 Å². The number of benzene rings is 1. The maximum atomic E-state index is 10.9. The molecule has 0 heterocycles. The molecule has 17 heavy (non-hydrogen) atoms. The number of aryl methyl sites for hydroxylation is 1. The average molecular weight is 233 g/mol. The fourth-order valence-electron chi connectivity index (χ4n) is 2.78. The zero-order valence-corrected chi connectivity index (χ0v) is 10.4. The second-order valence-corrected chi connectivity index (χ2v) is 4.93. The maximum absolute atomic E-state index is 10.9. The Morgan fingerprint density at radius 1 is 1.47 bits per heavy atom. The molecule has 92 valence electrons. The van der Waals surface area contributed by atoms with E-state index in [2.05, 4.69) is 23.1 Å². The van der Waals surface area contributed by atoms with E-state index in [9.17, 15) is 4.79 Å². The molecule has 0 saturated carbocycles. The summed E-state index contributed by atoms with van der Waals surface area (Å²) in [6, 6.07) is 6.28. The van der Waals surface area contributed by atoms with Crippen LogP contribution in [0.5, 0.6) is 0 Å². The molecule has 1 unspecified atom stereocenters. The number of carboxylic acid groups (broad SMARTS) is 1. The van der Waals surface area contributed by atoms with Gasteiger partial charge >= 0.3 is 5.97 Å². The Morgan fingerprint density at radius 3 is 2.88 bits per heavy atom. The second kappa shape index (κ2) is 4.78. The fraction of sp³-hybridized carbons (Fsp3) is 0.500. The van der Waals surface area contributed by atoms with Crippen molar-refractivity contribution in [2.75, 3.05) is 19.0 Å². The molecular weight excluding hydrogens is 214 g/mol. The summed E-state index contributed by atoms with van der Waals surface area (Å²) < 4.78 is 0. The van der Waals surface area contributed by atoms with Crippen molar-refractivity contribution in [3.05, 3.63) is 29.3 Å². The third-order valence-corrected chi connectivity index (χ3v) is 3.48. The van der Waals surface area contributed by atoms with Gasteiger partial charge in [-0.2, -0.15) is 0 Å². The van der Waals surface area contributed by atoms with Crippen LogP contribution in [0.15, 0.2) is 18.2 Å². The summed E-state index contributed by atoms with van der Waals surface area (Å²) in [6.45, 7) is 0. The van der Waals surface area contributed by atoms with Gasteiger partial charge in [0.2, 0.25) is 0 Å². The number of rotatable bonds is 3. The Labute approximate surface area is 102 Å². The summed E-state index contributed by atoms with van der Waals surface area (Å²) in [5.74, 6) is -0.522. The Balaban J connectivity index is 2.43. The van der Waals surface area contributed by atoms with Crippen molar-refractivity contribution in [2.45, 2.75) is 31.6 Å². The normalized spacial score (nSPS) is 18.6. The lowest BCUT2D eigenvalue weighted by Gasteiger charge is -2.29. The molecule has 3 heteroatoms. The van der Waals surface area contributed by atoms with Gasteiger partial charge in [0.15, 0.2) is 0 Å². The minimum Gasteiger partial charge on any atom is -0.481 e. The molecule has 1 atom stereocenters. The first-order valence-electron chi connectivity index (χ1n) is 6.10. The number of anilines is 1. The zero-order chi connectivity index (χ0) is 12.4. The van der Waals surface area contributed by atoms with Crippen LogP contribution in [0.1, 0.15) is 36.3 Å². The smallest absolute Gasteiger partial charge is 0.303 e. The van der Waals surface area contributed by atoms with Crippen molar-refractivity contribution in [2.24, 2.45) is 0 Å². The van der Waals surface area contributed by atoms with E-state index in [-0.39, 0.29) is 12.3 Å². The van der Waals surface area contributed by atoms with E-state index in [1.165, 1.54) is 16.8 Å². The lowest BCUT2D eigenvalue weighted by Crippen LogP contribution is -2.19. The molecular formula is C14H19NO2. The maximum Gasteiger partial charge on any atom is 0.303 e. The molecule has 3 nitrogen and oxygen atoms in total. The van der Waals surface area contributed by atoms with Gasteiger partial charge in [-0.15, -0.1) is 0 Å². The highest BCUT2D eigenvalue weighted by Crippen LogP contribution is 2.39. The topological polar surface area (TPSA) is 40.5 Å². The van der Waals surface area contributed by atoms with Crippen LogP contribution in [0.2, 0.25) is 0 Å². The standard InChI is InChI=1S/C14H19NO2/c1-15(2)12-8-4-6-10-5-3-7-11(14(10)12)9-13(16)17/h4,6,8,11H,3,5,7,9H2,1-2H3,(H,16,17). The third-order valence-electron chi connectivity index (χ3n) is 3.48. The minimum atomic E-state index is -0.698. The molecule has 1 aromatic carbocycles. The molecule has 1 aliphatic carbocycles. The molecule has 0 spiro atoms. The van der Waals surface area contributed by atoms with Gasteiger partial charge in [-0.1, -0.05) is 12.1 Å². The Morgan fingerprint density at radius 2 is 2.24 bits per heavy atom. The Hall–Kier alpha value is -1.51. The van der Waals surface area contributed by atoms with Crippen LogP contribution in [-0.4, -0.2) is 25.2 Å². The minimum absolute atomic E-state index is 0.176. The van der Waals surface area contributed by atoms with Crippen molar-refractivity contribution in [1.29, 1.82) is 0 Å². The van der Waals surface area contributed by atoms with Gasteiger partial charge in [0.25, 0.3) is 0 Å². The number of hydrogen-bond acceptors (Lipinski definition) is 2. The van der Waals surface area contributed by atoms with Crippen LogP contribution in [0.25, 0.3) is 0 Å².